The number of rotatable bonds is 7. The summed E-state index contributed by atoms with van der Waals surface area (Å²) in [7, 11) is 2.11. The van der Waals surface area contributed by atoms with Gasteiger partial charge in [0, 0.05) is 25.2 Å². The number of ether oxygens (including phenoxy) is 1. The molecular formula is C29H36N2O2. The third-order valence-corrected chi connectivity index (χ3v) is 6.19. The zero-order chi connectivity index (χ0) is 23.4. The van der Waals surface area contributed by atoms with E-state index in [0.717, 1.165) is 42.0 Å². The van der Waals surface area contributed by atoms with Crippen LogP contribution in [0.4, 0.5) is 5.69 Å². The van der Waals surface area contributed by atoms with Crippen molar-refractivity contribution in [2.75, 3.05) is 11.9 Å². The molecule has 0 radical (unpaired) electrons. The Balaban J connectivity index is 1.67. The summed E-state index contributed by atoms with van der Waals surface area (Å²) >= 11 is 0. The first-order valence-electron chi connectivity index (χ1n) is 11.8. The highest BCUT2D eigenvalue weighted by Gasteiger charge is 2.33. The smallest absolute Gasteiger partial charge is 0.143 e. The number of aliphatic hydroxyl groups excluding tert-OH is 1. The van der Waals surface area contributed by atoms with E-state index in [1.165, 1.54) is 11.1 Å². The van der Waals surface area contributed by atoms with Crippen LogP contribution in [0.15, 0.2) is 72.8 Å². The van der Waals surface area contributed by atoms with E-state index in [4.69, 9.17) is 4.74 Å². The van der Waals surface area contributed by atoms with Crippen LogP contribution in [-0.2, 0) is 19.6 Å². The topological polar surface area (TPSA) is 44.7 Å². The summed E-state index contributed by atoms with van der Waals surface area (Å²) in [6, 6.07) is 24.9. The summed E-state index contributed by atoms with van der Waals surface area (Å²) in [5, 5.41) is 14.9. The maximum atomic E-state index is 11.3. The predicted molar refractivity (Wildman–Crippen MR) is 136 cm³/mol. The molecule has 2 N–H and O–H groups in total. The Bertz CT molecular complexity index is 1040. The van der Waals surface area contributed by atoms with E-state index in [1.54, 1.807) is 0 Å². The number of nitrogens with one attached hydrogen (secondary N) is 1. The lowest BCUT2D eigenvalue weighted by molar-refractivity contribution is 0.1000. The van der Waals surface area contributed by atoms with Gasteiger partial charge in [0.25, 0.3) is 0 Å². The minimum Gasteiger partial charge on any atom is -0.487 e. The molecule has 4 rings (SSSR count). The molecule has 3 aromatic carbocycles. The first-order valence-corrected chi connectivity index (χ1v) is 11.8. The predicted octanol–water partition coefficient (Wildman–Crippen LogP) is 5.64. The van der Waals surface area contributed by atoms with Crippen LogP contribution in [0.3, 0.4) is 0 Å². The molecule has 3 aromatic rings. The molecule has 0 amide bonds. The lowest BCUT2D eigenvalue weighted by atomic mass is 9.83. The monoisotopic (exact) mass is 444 g/mol. The number of nitrogens with zero attached hydrogens (tertiary/aromatic N) is 1. The quantitative estimate of drug-likeness (QED) is 0.495. The molecule has 0 saturated carbocycles. The number of aliphatic hydroxyl groups is 1. The second kappa shape index (κ2) is 9.98. The molecule has 0 heterocycles. The van der Waals surface area contributed by atoms with Gasteiger partial charge < -0.3 is 20.1 Å². The van der Waals surface area contributed by atoms with Gasteiger partial charge in [-0.3, -0.25) is 0 Å². The molecule has 4 heteroatoms. The van der Waals surface area contributed by atoms with Crippen LogP contribution in [0, 0.1) is 0 Å². The first-order chi connectivity index (χ1) is 15.8. The second-order valence-electron chi connectivity index (χ2n) is 10.1. The van der Waals surface area contributed by atoms with Crippen LogP contribution in [0.25, 0.3) is 0 Å². The average molecular weight is 445 g/mol. The van der Waals surface area contributed by atoms with Gasteiger partial charge in [-0.15, -0.1) is 0 Å². The highest BCUT2D eigenvalue weighted by molar-refractivity contribution is 5.67. The van der Waals surface area contributed by atoms with Crippen molar-refractivity contribution < 1.29 is 9.84 Å². The molecule has 0 aliphatic heterocycles. The molecule has 0 saturated heterocycles. The molecule has 0 fully saturated rings. The van der Waals surface area contributed by atoms with Gasteiger partial charge >= 0.3 is 0 Å². The molecule has 0 unspecified atom stereocenters. The summed E-state index contributed by atoms with van der Waals surface area (Å²) in [5.41, 5.74) is 5.62. The Hall–Kier alpha value is -2.82. The summed E-state index contributed by atoms with van der Waals surface area (Å²) in [6.07, 6.45) is 1.25. The summed E-state index contributed by atoms with van der Waals surface area (Å²) in [4.78, 5) is 2.26. The van der Waals surface area contributed by atoms with E-state index in [0.29, 0.717) is 6.61 Å². The van der Waals surface area contributed by atoms with Gasteiger partial charge in [0.2, 0.25) is 0 Å². The van der Waals surface area contributed by atoms with E-state index in [1.807, 2.05) is 30.3 Å². The number of fused-ring (bicyclic) bond motifs is 1. The molecule has 0 bridgehead atoms. The fourth-order valence-corrected chi connectivity index (χ4v) is 4.76. The van der Waals surface area contributed by atoms with E-state index in [9.17, 15) is 5.11 Å². The van der Waals surface area contributed by atoms with Crippen LogP contribution in [-0.4, -0.2) is 23.7 Å². The minimum absolute atomic E-state index is 0.0425. The lowest BCUT2D eigenvalue weighted by Crippen LogP contribution is -2.48. The maximum Gasteiger partial charge on any atom is 0.143 e. The van der Waals surface area contributed by atoms with Crippen LogP contribution in [0.1, 0.15) is 55.5 Å². The van der Waals surface area contributed by atoms with Crippen LogP contribution in [0.2, 0.25) is 0 Å². The largest absolute Gasteiger partial charge is 0.487 e. The van der Waals surface area contributed by atoms with Crippen LogP contribution >= 0.6 is 0 Å². The van der Waals surface area contributed by atoms with Crippen molar-refractivity contribution in [3.8, 4) is 5.75 Å². The molecule has 4 nitrogen and oxygen atoms in total. The molecule has 0 spiro atoms. The zero-order valence-electron chi connectivity index (χ0n) is 20.2. The van der Waals surface area contributed by atoms with Crippen molar-refractivity contribution in [3.63, 3.8) is 0 Å². The number of benzene rings is 3. The Morgan fingerprint density at radius 2 is 1.58 bits per heavy atom. The second-order valence-corrected chi connectivity index (χ2v) is 10.1. The van der Waals surface area contributed by atoms with Gasteiger partial charge in [-0.05, 0) is 61.9 Å². The zero-order valence-corrected chi connectivity index (χ0v) is 20.2. The summed E-state index contributed by atoms with van der Waals surface area (Å²) in [6.45, 7) is 7.74. The van der Waals surface area contributed by atoms with Gasteiger partial charge in [-0.1, -0.05) is 66.7 Å². The molecular weight excluding hydrogens is 408 g/mol. The molecule has 1 aliphatic carbocycles. The van der Waals surface area contributed by atoms with Crippen LogP contribution < -0.4 is 15.0 Å². The first kappa shape index (κ1) is 23.3. The van der Waals surface area contributed by atoms with E-state index in [2.05, 4.69) is 80.5 Å². The summed E-state index contributed by atoms with van der Waals surface area (Å²) < 4.78 is 6.35. The average Bonchev–Trinajstić information content (AvgIpc) is 2.79. The number of hydrogen-bond acceptors (Lipinski definition) is 4. The molecule has 1 aliphatic rings. The van der Waals surface area contributed by atoms with Crippen molar-refractivity contribution in [3.05, 3.63) is 95.1 Å². The molecule has 33 heavy (non-hydrogen) atoms. The van der Waals surface area contributed by atoms with E-state index in [-0.39, 0.29) is 11.6 Å². The fraction of sp³-hybridized carbons (Fsp3) is 0.379. The molecule has 0 aromatic heterocycles. The third-order valence-electron chi connectivity index (χ3n) is 6.19. The van der Waals surface area contributed by atoms with E-state index >= 15 is 0 Å². The highest BCUT2D eigenvalue weighted by atomic mass is 16.5. The van der Waals surface area contributed by atoms with E-state index < -0.39 is 6.10 Å². The van der Waals surface area contributed by atoms with Gasteiger partial charge in [0.1, 0.15) is 12.4 Å². The fourth-order valence-electron chi connectivity index (χ4n) is 4.76. The van der Waals surface area contributed by atoms with Crippen molar-refractivity contribution in [1.82, 2.24) is 5.32 Å². The Kier molecular flexibility index (Phi) is 7.06. The third kappa shape index (κ3) is 5.76. The number of anilines is 1. The van der Waals surface area contributed by atoms with Gasteiger partial charge in [0.15, 0.2) is 0 Å². The van der Waals surface area contributed by atoms with Crippen LogP contribution in [0.5, 0.6) is 5.75 Å². The Morgan fingerprint density at radius 1 is 0.939 bits per heavy atom. The molecule has 2 atom stereocenters. The Labute approximate surface area is 198 Å². The van der Waals surface area contributed by atoms with Gasteiger partial charge in [0.05, 0.1) is 11.8 Å². The van der Waals surface area contributed by atoms with Crippen molar-refractivity contribution >= 4 is 5.69 Å². The van der Waals surface area contributed by atoms with Crippen molar-refractivity contribution in [1.29, 1.82) is 0 Å². The highest BCUT2D eigenvalue weighted by Crippen LogP contribution is 2.42. The number of hydrogen-bond donors (Lipinski definition) is 2. The lowest BCUT2D eigenvalue weighted by Gasteiger charge is -2.38. The summed E-state index contributed by atoms with van der Waals surface area (Å²) in [5.74, 6) is 0.866. The van der Waals surface area contributed by atoms with Gasteiger partial charge in [-0.25, -0.2) is 0 Å². The SMILES string of the molecule is CN(Cc1ccccc1)c1c(OCc2ccccc2)ccc2c1CC[C@H](NC(C)(C)C)[C@H]2O. The standard InChI is InChI=1S/C29H36N2O2/c1-29(2,3)30-25-17-15-23-24(28(25)32)16-18-26(33-20-22-13-9-6-10-14-22)27(23)31(4)19-21-11-7-5-8-12-21/h5-14,16,18,25,28,30,32H,15,17,19-20H2,1-4H3/t25-,28-/m0/s1. The van der Waals surface area contributed by atoms with Crippen molar-refractivity contribution in [2.24, 2.45) is 0 Å². The van der Waals surface area contributed by atoms with Gasteiger partial charge in [-0.2, -0.15) is 0 Å². The molecule has 174 valence electrons. The normalized spacial score (nSPS) is 18.0. The maximum absolute atomic E-state index is 11.3. The Morgan fingerprint density at radius 3 is 2.21 bits per heavy atom. The van der Waals surface area contributed by atoms with Crippen molar-refractivity contribution in [2.45, 2.75) is 64.4 Å². The minimum atomic E-state index is -0.542.